The summed E-state index contributed by atoms with van der Waals surface area (Å²) in [4.78, 5) is 2.38. The molecule has 0 aliphatic carbocycles. The van der Waals surface area contributed by atoms with Gasteiger partial charge in [-0.05, 0) is 33.8 Å². The molecule has 18 heavy (non-hydrogen) atoms. The summed E-state index contributed by atoms with van der Waals surface area (Å²) < 4.78 is 5.58. The number of nitrogens with zero attached hydrogens (tertiary/aromatic N) is 3. The van der Waals surface area contributed by atoms with Crippen molar-refractivity contribution in [3.63, 3.8) is 0 Å². The van der Waals surface area contributed by atoms with E-state index < -0.39 is 0 Å². The molecule has 1 heterocycles. The zero-order valence-corrected chi connectivity index (χ0v) is 12.3. The molecule has 0 aliphatic heterocycles. The van der Waals surface area contributed by atoms with Gasteiger partial charge in [0.05, 0.1) is 11.6 Å². The molecule has 5 heteroatoms. The van der Waals surface area contributed by atoms with Crippen molar-refractivity contribution < 1.29 is 4.74 Å². The smallest absolute Gasteiger partial charge is 0.233 e. The first kappa shape index (κ1) is 15.2. The molecule has 1 aromatic rings. The van der Waals surface area contributed by atoms with Crippen LogP contribution in [-0.4, -0.2) is 40.3 Å². The summed E-state index contributed by atoms with van der Waals surface area (Å²) in [7, 11) is 0. The lowest BCUT2D eigenvalue weighted by molar-refractivity contribution is 0.139. The fourth-order valence-electron chi connectivity index (χ4n) is 1.86. The van der Waals surface area contributed by atoms with Crippen LogP contribution in [0.5, 0.6) is 5.88 Å². The summed E-state index contributed by atoms with van der Waals surface area (Å²) in [6, 6.07) is 4.66. The maximum absolute atomic E-state index is 5.64. The van der Waals surface area contributed by atoms with E-state index >= 15 is 0 Å². The monoisotopic (exact) mass is 271 g/mol. The van der Waals surface area contributed by atoms with Crippen LogP contribution in [0.2, 0.25) is 0 Å². The normalized spacial score (nSPS) is 11.6. The fraction of sp³-hybridized carbons (Fsp3) is 0.692. The van der Waals surface area contributed by atoms with Crippen molar-refractivity contribution in [1.29, 1.82) is 0 Å². The van der Waals surface area contributed by atoms with Crippen LogP contribution < -0.4 is 4.74 Å². The topological polar surface area (TPSA) is 38.2 Å². The molecule has 0 spiro atoms. The number of hydrogen-bond donors (Lipinski definition) is 0. The third-order valence-electron chi connectivity index (χ3n) is 2.76. The molecule has 0 aliphatic rings. The molecule has 0 amide bonds. The van der Waals surface area contributed by atoms with Crippen molar-refractivity contribution in [2.45, 2.75) is 45.7 Å². The van der Waals surface area contributed by atoms with E-state index in [9.17, 15) is 0 Å². The van der Waals surface area contributed by atoms with E-state index in [2.05, 4.69) is 42.8 Å². The van der Waals surface area contributed by atoms with Crippen LogP contribution in [0, 0.1) is 0 Å². The molecule has 0 N–H and O–H groups in total. The summed E-state index contributed by atoms with van der Waals surface area (Å²) in [5, 5.41) is 7.91. The van der Waals surface area contributed by atoms with E-state index in [4.69, 9.17) is 16.3 Å². The molecular weight excluding hydrogens is 250 g/mol. The molecule has 0 radical (unpaired) electrons. The molecule has 0 fully saturated rings. The van der Waals surface area contributed by atoms with Crippen molar-refractivity contribution in [2.75, 3.05) is 13.2 Å². The molecule has 1 aromatic heterocycles. The minimum atomic E-state index is 0.377. The van der Waals surface area contributed by atoms with Crippen molar-refractivity contribution in [3.05, 3.63) is 17.8 Å². The average molecular weight is 272 g/mol. The maximum Gasteiger partial charge on any atom is 0.233 e. The first-order valence-corrected chi connectivity index (χ1v) is 6.85. The SMILES string of the molecule is CC(C)N(CCOc1ccc(CCl)nn1)C(C)C. The van der Waals surface area contributed by atoms with Crippen LogP contribution in [-0.2, 0) is 5.88 Å². The van der Waals surface area contributed by atoms with Crippen molar-refractivity contribution >= 4 is 11.6 Å². The first-order chi connectivity index (χ1) is 8.54. The van der Waals surface area contributed by atoms with Gasteiger partial charge in [-0.15, -0.1) is 16.7 Å². The Balaban J connectivity index is 2.40. The molecule has 0 saturated heterocycles. The van der Waals surface area contributed by atoms with Gasteiger partial charge in [-0.1, -0.05) is 0 Å². The molecule has 0 unspecified atom stereocenters. The minimum Gasteiger partial charge on any atom is -0.475 e. The lowest BCUT2D eigenvalue weighted by Gasteiger charge is -2.30. The Bertz CT molecular complexity index is 333. The van der Waals surface area contributed by atoms with E-state index in [1.165, 1.54) is 0 Å². The molecular formula is C13H22ClN3O. The minimum absolute atomic E-state index is 0.377. The van der Waals surface area contributed by atoms with Gasteiger partial charge in [-0.2, -0.15) is 5.10 Å². The maximum atomic E-state index is 5.64. The van der Waals surface area contributed by atoms with Crippen LogP contribution in [0.3, 0.4) is 0 Å². The predicted octanol–water partition coefficient (Wildman–Crippen LogP) is 2.71. The summed E-state index contributed by atoms with van der Waals surface area (Å²) in [6.07, 6.45) is 0. The number of alkyl halides is 1. The summed E-state index contributed by atoms with van der Waals surface area (Å²) >= 11 is 5.64. The Hall–Kier alpha value is -0.870. The second-order valence-corrected chi connectivity index (χ2v) is 5.04. The highest BCUT2D eigenvalue weighted by Crippen LogP contribution is 2.08. The molecule has 4 nitrogen and oxygen atoms in total. The van der Waals surface area contributed by atoms with Gasteiger partial charge in [0.25, 0.3) is 0 Å². The molecule has 102 valence electrons. The van der Waals surface area contributed by atoms with E-state index in [0.717, 1.165) is 12.2 Å². The van der Waals surface area contributed by atoms with Crippen LogP contribution in [0.25, 0.3) is 0 Å². The summed E-state index contributed by atoms with van der Waals surface area (Å²) in [5.74, 6) is 0.929. The van der Waals surface area contributed by atoms with E-state index in [1.54, 1.807) is 6.07 Å². The zero-order valence-electron chi connectivity index (χ0n) is 11.6. The van der Waals surface area contributed by atoms with Gasteiger partial charge < -0.3 is 4.74 Å². The third kappa shape index (κ3) is 4.78. The Morgan fingerprint density at radius 1 is 1.17 bits per heavy atom. The summed E-state index contributed by atoms with van der Waals surface area (Å²) in [5.41, 5.74) is 0.759. The summed E-state index contributed by atoms with van der Waals surface area (Å²) in [6.45, 7) is 10.3. The Morgan fingerprint density at radius 3 is 2.28 bits per heavy atom. The van der Waals surface area contributed by atoms with Crippen molar-refractivity contribution in [2.24, 2.45) is 0 Å². The molecule has 0 aromatic carbocycles. The molecule has 0 atom stereocenters. The average Bonchev–Trinajstić information content (AvgIpc) is 2.34. The van der Waals surface area contributed by atoms with Gasteiger partial charge in [0.15, 0.2) is 0 Å². The predicted molar refractivity (Wildman–Crippen MR) is 74.1 cm³/mol. The van der Waals surface area contributed by atoms with Crippen molar-refractivity contribution in [3.8, 4) is 5.88 Å². The van der Waals surface area contributed by atoms with Crippen LogP contribution in [0.15, 0.2) is 12.1 Å². The van der Waals surface area contributed by atoms with Crippen LogP contribution in [0.1, 0.15) is 33.4 Å². The molecule has 0 bridgehead atoms. The van der Waals surface area contributed by atoms with Gasteiger partial charge in [0, 0.05) is 24.7 Å². The number of hydrogen-bond acceptors (Lipinski definition) is 4. The highest BCUT2D eigenvalue weighted by molar-refractivity contribution is 6.16. The fourth-order valence-corrected chi connectivity index (χ4v) is 2.01. The number of rotatable bonds is 7. The Labute approximate surface area is 114 Å². The quantitative estimate of drug-likeness (QED) is 0.715. The second kappa shape index (κ2) is 7.54. The molecule has 1 rings (SSSR count). The van der Waals surface area contributed by atoms with Gasteiger partial charge in [0.1, 0.15) is 6.61 Å². The number of ether oxygens (including phenoxy) is 1. The number of halogens is 1. The van der Waals surface area contributed by atoms with E-state index in [-0.39, 0.29) is 0 Å². The van der Waals surface area contributed by atoms with E-state index in [0.29, 0.717) is 30.5 Å². The van der Waals surface area contributed by atoms with Crippen LogP contribution in [0.4, 0.5) is 0 Å². The first-order valence-electron chi connectivity index (χ1n) is 6.31. The zero-order chi connectivity index (χ0) is 13.5. The third-order valence-corrected chi connectivity index (χ3v) is 3.03. The van der Waals surface area contributed by atoms with Gasteiger partial charge >= 0.3 is 0 Å². The standard InChI is InChI=1S/C13H22ClN3O/c1-10(2)17(11(3)4)7-8-18-13-6-5-12(9-14)15-16-13/h5-6,10-11H,7-9H2,1-4H3. The van der Waals surface area contributed by atoms with Gasteiger partial charge in [-0.3, -0.25) is 4.90 Å². The Kier molecular flexibility index (Phi) is 6.36. The highest BCUT2D eigenvalue weighted by atomic mass is 35.5. The second-order valence-electron chi connectivity index (χ2n) is 4.77. The Morgan fingerprint density at radius 2 is 1.83 bits per heavy atom. The van der Waals surface area contributed by atoms with Gasteiger partial charge in [-0.25, -0.2) is 0 Å². The van der Waals surface area contributed by atoms with Crippen molar-refractivity contribution in [1.82, 2.24) is 15.1 Å². The molecule has 0 saturated carbocycles. The number of aromatic nitrogens is 2. The lowest BCUT2D eigenvalue weighted by Crippen LogP contribution is -2.39. The largest absolute Gasteiger partial charge is 0.475 e. The van der Waals surface area contributed by atoms with Crippen LogP contribution >= 0.6 is 11.6 Å². The van der Waals surface area contributed by atoms with Gasteiger partial charge in [0.2, 0.25) is 5.88 Å². The van der Waals surface area contributed by atoms with E-state index in [1.807, 2.05) is 6.07 Å². The highest BCUT2D eigenvalue weighted by Gasteiger charge is 2.12. The lowest BCUT2D eigenvalue weighted by atomic mass is 10.2.